The van der Waals surface area contributed by atoms with Gasteiger partial charge in [-0.3, -0.25) is 0 Å². The summed E-state index contributed by atoms with van der Waals surface area (Å²) >= 11 is 0. The lowest BCUT2D eigenvalue weighted by molar-refractivity contribution is 0.212. The van der Waals surface area contributed by atoms with Crippen LogP contribution in [0.15, 0.2) is 0 Å². The van der Waals surface area contributed by atoms with Gasteiger partial charge in [0.25, 0.3) is 0 Å². The van der Waals surface area contributed by atoms with Crippen LogP contribution in [0, 0.1) is 0 Å². The van der Waals surface area contributed by atoms with Crippen molar-refractivity contribution in [2.24, 2.45) is 0 Å². The lowest BCUT2D eigenvalue weighted by Gasteiger charge is -2.17. The molecule has 0 saturated heterocycles. The summed E-state index contributed by atoms with van der Waals surface area (Å²) in [5, 5.41) is 0. The topological polar surface area (TPSA) is 91.8 Å². The van der Waals surface area contributed by atoms with E-state index in [1.165, 1.54) is 0 Å². The van der Waals surface area contributed by atoms with Crippen molar-refractivity contribution < 1.29 is 29.4 Å². The van der Waals surface area contributed by atoms with Crippen molar-refractivity contribution >= 4 is 26.8 Å². The van der Waals surface area contributed by atoms with Crippen LogP contribution < -0.4 is 0 Å². The molecule has 0 spiro atoms. The summed E-state index contributed by atoms with van der Waals surface area (Å²) in [5.41, 5.74) is 0. The Hall–Kier alpha value is -0.970. The van der Waals surface area contributed by atoms with Crippen molar-refractivity contribution in [2.45, 2.75) is 0 Å². The van der Waals surface area contributed by atoms with Gasteiger partial charge in [0.2, 0.25) is 0 Å². The Morgan fingerprint density at radius 3 is 1.29 bits per heavy atom. The third kappa shape index (κ3) is 3.06. The molecule has 0 aromatic rings. The van der Waals surface area contributed by atoms with Gasteiger partial charge in [-0.05, 0) is 0 Å². The normalized spacial score (nSPS) is 12.3. The third-order valence-corrected chi connectivity index (χ3v) is 2.81. The molecule has 0 fully saturated rings. The van der Waals surface area contributed by atoms with E-state index < -0.39 is 35.5 Å². The average molecular weight is 252 g/mol. The Morgan fingerprint density at radius 2 is 1.14 bits per heavy atom. The van der Waals surface area contributed by atoms with Gasteiger partial charge in [-0.15, -0.1) is 0 Å². The fourth-order valence-corrected chi connectivity index (χ4v) is 1.05. The second-order valence-corrected chi connectivity index (χ2v) is 4.85. The van der Waals surface area contributed by atoms with Gasteiger partial charge in [0.05, 0.1) is 0 Å². The number of nitrogens with zero attached hydrogens (tertiary/aromatic N) is 2. The van der Waals surface area contributed by atoms with Gasteiger partial charge in [-0.1, -0.05) is 7.77 Å². The Kier molecular flexibility index (Phi) is 3.40. The largest absolute Gasteiger partial charge is 0.402 e. The minimum atomic E-state index is -5.40. The van der Waals surface area contributed by atoms with Crippen LogP contribution in [-0.2, 0) is 20.8 Å². The van der Waals surface area contributed by atoms with Crippen LogP contribution >= 0.6 is 0 Å². The second kappa shape index (κ2) is 3.65. The lowest BCUT2D eigenvalue weighted by Crippen LogP contribution is -2.42. The molecule has 0 unspecified atom stereocenters. The number of halogens is 2. The lowest BCUT2D eigenvalue weighted by atomic mass is 10.9. The molecular formula is C3H6F2N2O5S2. The zero-order valence-electron chi connectivity index (χ0n) is 7.01. The number of carbonyl (C=O) groups is 1. The van der Waals surface area contributed by atoms with Crippen molar-refractivity contribution in [3.05, 3.63) is 0 Å². The predicted octanol–water partition coefficient (Wildman–Crippen LogP) is -0.601. The van der Waals surface area contributed by atoms with Gasteiger partial charge in [0, 0.05) is 14.1 Å². The van der Waals surface area contributed by atoms with Gasteiger partial charge < -0.3 is 0 Å². The first-order valence-corrected chi connectivity index (χ1v) is 5.57. The maximum absolute atomic E-state index is 12.1. The zero-order chi connectivity index (χ0) is 11.7. The number of hydrogen-bond acceptors (Lipinski definition) is 5. The minimum Gasteiger partial charge on any atom is -0.246 e. The Labute approximate surface area is 79.6 Å². The molecule has 0 N–H and O–H groups in total. The van der Waals surface area contributed by atoms with Crippen molar-refractivity contribution in [2.75, 3.05) is 14.1 Å². The maximum Gasteiger partial charge on any atom is 0.402 e. The van der Waals surface area contributed by atoms with Crippen LogP contribution in [-0.4, -0.2) is 45.6 Å². The molecular weight excluding hydrogens is 246 g/mol. The number of amides is 2. The van der Waals surface area contributed by atoms with Crippen LogP contribution in [0.4, 0.5) is 12.6 Å². The Balaban J connectivity index is 5.02. The number of urea groups is 1. The molecule has 11 heteroatoms. The van der Waals surface area contributed by atoms with Crippen LogP contribution in [0.2, 0.25) is 0 Å². The predicted molar refractivity (Wildman–Crippen MR) is 41.0 cm³/mol. The first-order chi connectivity index (χ1) is 5.98. The third-order valence-electron chi connectivity index (χ3n) is 1.19. The highest BCUT2D eigenvalue weighted by atomic mass is 32.3. The summed E-state index contributed by atoms with van der Waals surface area (Å²) < 4.78 is 63.5. The first kappa shape index (κ1) is 13.0. The van der Waals surface area contributed by atoms with Gasteiger partial charge >= 0.3 is 26.8 Å². The van der Waals surface area contributed by atoms with Crippen LogP contribution in [0.25, 0.3) is 0 Å². The molecule has 0 heterocycles. The highest BCUT2D eigenvalue weighted by Gasteiger charge is 2.31. The highest BCUT2D eigenvalue weighted by Crippen LogP contribution is 2.07. The summed E-state index contributed by atoms with van der Waals surface area (Å²) in [6.07, 6.45) is 0. The fraction of sp³-hybridized carbons (Fsp3) is 0.667. The van der Waals surface area contributed by atoms with E-state index in [0.29, 0.717) is 14.1 Å². The standard InChI is InChI=1S/C3H6F2N2O5S2/c1-6(13(4,9)10)3(8)7(2)14(5,11)12/h1-2H3. The van der Waals surface area contributed by atoms with Crippen LogP contribution in [0.1, 0.15) is 0 Å². The summed E-state index contributed by atoms with van der Waals surface area (Å²) in [6.45, 7) is 0. The second-order valence-electron chi connectivity index (χ2n) is 2.10. The van der Waals surface area contributed by atoms with E-state index in [1.807, 2.05) is 0 Å². The summed E-state index contributed by atoms with van der Waals surface area (Å²) in [7, 11) is -9.91. The number of rotatable bonds is 2. The van der Waals surface area contributed by atoms with Gasteiger partial charge in [-0.2, -0.15) is 25.4 Å². The highest BCUT2D eigenvalue weighted by molar-refractivity contribution is 7.85. The maximum atomic E-state index is 12.1. The molecule has 0 radical (unpaired) electrons. The van der Waals surface area contributed by atoms with Crippen molar-refractivity contribution in [1.82, 2.24) is 8.61 Å². The fourth-order valence-electron chi connectivity index (χ4n) is 0.385. The molecule has 0 aliphatic rings. The SMILES string of the molecule is CN(C(=O)N(C)S(=O)(=O)F)S(=O)(=O)F. The molecule has 0 aromatic carbocycles. The van der Waals surface area contributed by atoms with E-state index in [2.05, 4.69) is 0 Å². The van der Waals surface area contributed by atoms with E-state index in [4.69, 9.17) is 0 Å². The van der Waals surface area contributed by atoms with Crippen LogP contribution in [0.3, 0.4) is 0 Å². The molecule has 0 atom stereocenters. The monoisotopic (exact) mass is 252 g/mol. The van der Waals surface area contributed by atoms with Gasteiger partial charge in [-0.25, -0.2) is 4.79 Å². The van der Waals surface area contributed by atoms with E-state index >= 15 is 0 Å². The molecule has 14 heavy (non-hydrogen) atoms. The van der Waals surface area contributed by atoms with Gasteiger partial charge in [0.15, 0.2) is 0 Å². The molecule has 0 aliphatic heterocycles. The smallest absolute Gasteiger partial charge is 0.246 e. The van der Waals surface area contributed by atoms with Crippen molar-refractivity contribution in [1.29, 1.82) is 0 Å². The molecule has 0 bridgehead atoms. The molecule has 0 aromatic heterocycles. The average Bonchev–Trinajstić information content (AvgIpc) is 1.97. The molecule has 84 valence electrons. The summed E-state index contributed by atoms with van der Waals surface area (Å²) in [6, 6.07) is -1.87. The van der Waals surface area contributed by atoms with Crippen molar-refractivity contribution in [3.63, 3.8) is 0 Å². The first-order valence-electron chi connectivity index (χ1n) is 2.89. The van der Waals surface area contributed by atoms with E-state index in [0.717, 1.165) is 0 Å². The minimum absolute atomic E-state index is 0.444. The molecule has 7 nitrogen and oxygen atoms in total. The summed E-state index contributed by atoms with van der Waals surface area (Å²) in [4.78, 5) is 10.7. The van der Waals surface area contributed by atoms with E-state index in [-0.39, 0.29) is 0 Å². The zero-order valence-corrected chi connectivity index (χ0v) is 8.64. The molecule has 0 saturated carbocycles. The Bertz CT molecular complexity index is 388. The van der Waals surface area contributed by atoms with Crippen molar-refractivity contribution in [3.8, 4) is 0 Å². The Morgan fingerprint density at radius 1 is 0.929 bits per heavy atom. The van der Waals surface area contributed by atoms with E-state index in [9.17, 15) is 29.4 Å². The molecule has 0 rings (SSSR count). The van der Waals surface area contributed by atoms with E-state index in [1.54, 1.807) is 0 Å². The molecule has 0 aliphatic carbocycles. The number of hydrogen-bond donors (Lipinski definition) is 0. The number of carbonyl (C=O) groups excluding carboxylic acids is 1. The quantitative estimate of drug-likeness (QED) is 0.612. The van der Waals surface area contributed by atoms with Crippen LogP contribution in [0.5, 0.6) is 0 Å². The molecule has 2 amide bonds. The van der Waals surface area contributed by atoms with Gasteiger partial charge in [0.1, 0.15) is 0 Å². The summed E-state index contributed by atoms with van der Waals surface area (Å²) in [5.74, 6) is 0.